The first-order valence-corrected chi connectivity index (χ1v) is 14.8. The first-order valence-electron chi connectivity index (χ1n) is 14.8. The van der Waals surface area contributed by atoms with Crippen LogP contribution in [0.2, 0.25) is 0 Å². The summed E-state index contributed by atoms with van der Waals surface area (Å²) < 4.78 is 18.5. The van der Waals surface area contributed by atoms with E-state index in [9.17, 15) is 0 Å². The largest absolute Gasteiger partial charge is 0.481 e. The second kappa shape index (κ2) is 16.4. The highest BCUT2D eigenvalue weighted by molar-refractivity contribution is 6.07. The van der Waals surface area contributed by atoms with Crippen LogP contribution in [-0.2, 0) is 20.8 Å². The van der Waals surface area contributed by atoms with Crippen LogP contribution in [0, 0.1) is 5.92 Å². The third-order valence-corrected chi connectivity index (χ3v) is 7.31. The molecule has 5 rings (SSSR count). The Morgan fingerprint density at radius 1 is 0.841 bits per heavy atom. The second-order valence-electron chi connectivity index (χ2n) is 10.2. The minimum atomic E-state index is 0.214. The Balaban J connectivity index is 0.000000582. The fourth-order valence-electron chi connectivity index (χ4n) is 5.23. The Hall–Kier alpha value is -4.45. The highest BCUT2D eigenvalue weighted by Crippen LogP contribution is 2.34. The Kier molecular flexibility index (Phi) is 12.7. The zero-order valence-electron chi connectivity index (χ0n) is 26.8. The van der Waals surface area contributed by atoms with Gasteiger partial charge >= 0.3 is 0 Å². The summed E-state index contributed by atoms with van der Waals surface area (Å²) in [4.78, 5) is 4.83. The number of hydrogen-bond acceptors (Lipinski definition) is 10. The standard InChI is InChI=1S/C25H36N8O3.C6H6.C2H6/c1-31(28)22(24(26)34-3)16-5-6-18-19(11-16)33(14-15-7-9-36-10-8-15)20-12-17(13-30-21(18)20)23(32(2)29)25(27)35-4;1-2-4-6-5-3-1;1-2/h5-6,11-13,15H,7-10,14,26-29H2,1-4H3;1-6H;1-2H3/b24-22+,25-23+;;. The van der Waals surface area contributed by atoms with Crippen molar-refractivity contribution in [3.05, 3.63) is 89.8 Å². The molecular formula is C33H48N8O3. The summed E-state index contributed by atoms with van der Waals surface area (Å²) in [7, 11) is 6.48. The molecule has 0 bridgehead atoms. The van der Waals surface area contributed by atoms with Gasteiger partial charge in [0.15, 0.2) is 0 Å². The van der Waals surface area contributed by atoms with Gasteiger partial charge in [-0.25, -0.2) is 11.7 Å². The Bertz CT molecular complexity index is 1430. The first-order chi connectivity index (χ1) is 21.3. The average Bonchev–Trinajstić information content (AvgIpc) is 3.35. The minimum Gasteiger partial charge on any atom is -0.481 e. The highest BCUT2D eigenvalue weighted by atomic mass is 16.5. The molecule has 4 aromatic rings. The van der Waals surface area contributed by atoms with Gasteiger partial charge in [0.1, 0.15) is 11.4 Å². The molecule has 3 heterocycles. The summed E-state index contributed by atoms with van der Waals surface area (Å²) in [6, 6.07) is 20.2. The number of ether oxygens (including phenoxy) is 3. The predicted octanol–water partition coefficient (Wildman–Crippen LogP) is 4.40. The maximum Gasteiger partial charge on any atom is 0.210 e. The van der Waals surface area contributed by atoms with Crippen molar-refractivity contribution < 1.29 is 14.2 Å². The van der Waals surface area contributed by atoms with Crippen LogP contribution in [0.3, 0.4) is 0 Å². The van der Waals surface area contributed by atoms with E-state index in [1.807, 2.05) is 62.4 Å². The topological polar surface area (TPSA) is 156 Å². The molecule has 0 atom stereocenters. The average molecular weight is 605 g/mol. The van der Waals surface area contributed by atoms with Crippen LogP contribution in [0.25, 0.3) is 33.3 Å². The lowest BCUT2D eigenvalue weighted by Gasteiger charge is -2.24. The lowest BCUT2D eigenvalue weighted by Crippen LogP contribution is -2.27. The van der Waals surface area contributed by atoms with E-state index in [4.69, 9.17) is 42.3 Å². The van der Waals surface area contributed by atoms with Crippen LogP contribution < -0.4 is 23.2 Å². The number of nitrogens with zero attached hydrogens (tertiary/aromatic N) is 4. The minimum absolute atomic E-state index is 0.214. The molecule has 0 aliphatic carbocycles. The number of nitrogens with two attached hydrogens (primary N) is 4. The van der Waals surface area contributed by atoms with Crippen molar-refractivity contribution in [3.8, 4) is 0 Å². The third-order valence-electron chi connectivity index (χ3n) is 7.31. The molecule has 8 N–H and O–H groups in total. The zero-order chi connectivity index (χ0) is 32.2. The second-order valence-corrected chi connectivity index (χ2v) is 10.2. The Labute approximate surface area is 260 Å². The molecule has 44 heavy (non-hydrogen) atoms. The van der Waals surface area contributed by atoms with Crippen LogP contribution in [0.1, 0.15) is 37.8 Å². The number of hydrogen-bond donors (Lipinski definition) is 4. The molecule has 2 aromatic heterocycles. The van der Waals surface area contributed by atoms with Crippen molar-refractivity contribution in [3.63, 3.8) is 0 Å². The molecule has 11 nitrogen and oxygen atoms in total. The maximum atomic E-state index is 6.14. The summed E-state index contributed by atoms with van der Waals surface area (Å²) in [6.07, 6.45) is 3.75. The van der Waals surface area contributed by atoms with Crippen molar-refractivity contribution in [1.82, 2.24) is 19.6 Å². The van der Waals surface area contributed by atoms with Crippen molar-refractivity contribution in [1.29, 1.82) is 0 Å². The van der Waals surface area contributed by atoms with Gasteiger partial charge in [0.2, 0.25) is 11.8 Å². The van der Waals surface area contributed by atoms with E-state index in [2.05, 4.69) is 16.7 Å². The highest BCUT2D eigenvalue weighted by Gasteiger charge is 2.22. The summed E-state index contributed by atoms with van der Waals surface area (Å²) in [6.45, 7) is 6.34. The molecule has 0 saturated carbocycles. The van der Waals surface area contributed by atoms with Gasteiger partial charge in [-0.1, -0.05) is 56.3 Å². The lowest BCUT2D eigenvalue weighted by atomic mass is 10.00. The number of aromatic nitrogens is 2. The molecule has 2 aromatic carbocycles. The summed E-state index contributed by atoms with van der Waals surface area (Å²) >= 11 is 0. The van der Waals surface area contributed by atoms with Crippen LogP contribution >= 0.6 is 0 Å². The van der Waals surface area contributed by atoms with Crippen LogP contribution in [-0.4, -0.2) is 61.1 Å². The smallest absolute Gasteiger partial charge is 0.210 e. The normalized spacial score (nSPS) is 14.4. The summed E-state index contributed by atoms with van der Waals surface area (Å²) in [5.41, 5.74) is 17.9. The van der Waals surface area contributed by atoms with Gasteiger partial charge < -0.3 is 40.3 Å². The molecule has 0 amide bonds. The summed E-state index contributed by atoms with van der Waals surface area (Å²) in [5, 5.41) is 3.92. The number of hydrazine groups is 2. The summed E-state index contributed by atoms with van der Waals surface area (Å²) in [5.74, 6) is 13.1. The monoisotopic (exact) mass is 604 g/mol. The molecule has 238 valence electrons. The molecule has 1 fully saturated rings. The van der Waals surface area contributed by atoms with Gasteiger partial charge in [-0.2, -0.15) is 0 Å². The van der Waals surface area contributed by atoms with E-state index in [-0.39, 0.29) is 11.8 Å². The van der Waals surface area contributed by atoms with Crippen molar-refractivity contribution in [2.24, 2.45) is 29.1 Å². The van der Waals surface area contributed by atoms with Gasteiger partial charge in [0, 0.05) is 56.6 Å². The van der Waals surface area contributed by atoms with E-state index in [1.54, 1.807) is 20.3 Å². The Morgan fingerprint density at radius 2 is 1.34 bits per heavy atom. The fraction of sp³-hybridized carbons (Fsp3) is 0.364. The van der Waals surface area contributed by atoms with E-state index < -0.39 is 0 Å². The molecule has 0 radical (unpaired) electrons. The van der Waals surface area contributed by atoms with Gasteiger partial charge in [-0.05, 0) is 37.0 Å². The number of rotatable bonds is 8. The first kappa shape index (κ1) is 34.0. The SMILES string of the molecule is CC.CO/C(N)=C(\c1ccc2c3ncc(/C(=C(/N)OC)N(C)N)cc3n(CC3CCOCC3)c2c1)N(C)N.c1ccccc1. The van der Waals surface area contributed by atoms with E-state index in [0.717, 1.165) is 65.7 Å². The van der Waals surface area contributed by atoms with Gasteiger partial charge in [-0.3, -0.25) is 4.98 Å². The number of methoxy groups -OCH3 is 2. The molecule has 11 heteroatoms. The number of benzene rings is 2. The van der Waals surface area contributed by atoms with Gasteiger partial charge in [0.25, 0.3) is 0 Å². The van der Waals surface area contributed by atoms with Crippen LogP contribution in [0.15, 0.2) is 78.6 Å². The lowest BCUT2D eigenvalue weighted by molar-refractivity contribution is 0.0619. The molecular weight excluding hydrogens is 556 g/mol. The number of fused-ring (bicyclic) bond motifs is 3. The molecule has 1 aliphatic heterocycles. The quantitative estimate of drug-likeness (QED) is 0.129. The van der Waals surface area contributed by atoms with Crippen molar-refractivity contribution >= 4 is 33.3 Å². The molecule has 0 unspecified atom stereocenters. The fourth-order valence-corrected chi connectivity index (χ4v) is 5.23. The third kappa shape index (κ3) is 7.93. The van der Waals surface area contributed by atoms with Crippen LogP contribution in [0.5, 0.6) is 0 Å². The van der Waals surface area contributed by atoms with Crippen LogP contribution in [0.4, 0.5) is 0 Å². The zero-order valence-corrected chi connectivity index (χ0v) is 26.8. The number of pyridine rings is 1. The van der Waals surface area contributed by atoms with E-state index >= 15 is 0 Å². The molecule has 0 spiro atoms. The molecule has 1 saturated heterocycles. The predicted molar refractivity (Wildman–Crippen MR) is 179 cm³/mol. The molecule has 1 aliphatic rings. The van der Waals surface area contributed by atoms with E-state index in [0.29, 0.717) is 17.3 Å². The Morgan fingerprint density at radius 3 is 1.84 bits per heavy atom. The maximum absolute atomic E-state index is 6.14. The van der Waals surface area contributed by atoms with Gasteiger partial charge in [-0.15, -0.1) is 0 Å². The van der Waals surface area contributed by atoms with Gasteiger partial charge in [0.05, 0.1) is 30.8 Å². The van der Waals surface area contributed by atoms with Crippen molar-refractivity contribution in [2.75, 3.05) is 41.5 Å². The van der Waals surface area contributed by atoms with Crippen molar-refractivity contribution in [2.45, 2.75) is 33.2 Å². The van der Waals surface area contributed by atoms with E-state index in [1.165, 1.54) is 24.2 Å².